The molecule has 4 heteroatoms. The van der Waals surface area contributed by atoms with Gasteiger partial charge in [-0.25, -0.2) is 0 Å². The highest BCUT2D eigenvalue weighted by Crippen LogP contribution is 2.41. The molecular formula is C54H32N2O2. The molecule has 0 aliphatic rings. The van der Waals surface area contributed by atoms with E-state index < -0.39 is 0 Å². The largest absolute Gasteiger partial charge is 0.456 e. The molecule has 13 rings (SSSR count). The summed E-state index contributed by atoms with van der Waals surface area (Å²) in [6.07, 6.45) is 0. The van der Waals surface area contributed by atoms with Gasteiger partial charge in [-0.2, -0.15) is 0 Å². The molecule has 0 saturated carbocycles. The molecule has 0 radical (unpaired) electrons. The van der Waals surface area contributed by atoms with Crippen LogP contribution in [0.25, 0.3) is 121 Å². The summed E-state index contributed by atoms with van der Waals surface area (Å²) in [7, 11) is 0. The Hall–Kier alpha value is -7.82. The first-order chi connectivity index (χ1) is 28.7. The van der Waals surface area contributed by atoms with Crippen LogP contribution < -0.4 is 0 Å². The molecule has 0 atom stereocenters. The molecule has 270 valence electrons. The number of fused-ring (bicyclic) bond motifs is 12. The van der Waals surface area contributed by atoms with E-state index in [2.05, 4.69) is 191 Å². The fraction of sp³-hybridized carbons (Fsp3) is 0. The SMILES string of the molecule is c1ccc(-c2cccc3oc4cc(-n5c6ccccc6c6cc(-c7ccc8c(c7)c7ccccc7n8-c7ccc8oc9ccccc9c8c7)ccc65)ccc4c23)cc1. The summed E-state index contributed by atoms with van der Waals surface area (Å²) in [6, 6.07) is 69.6. The van der Waals surface area contributed by atoms with E-state index in [9.17, 15) is 0 Å². The monoisotopic (exact) mass is 740 g/mol. The average Bonchev–Trinajstić information content (AvgIpc) is 4.03. The molecule has 4 heterocycles. The van der Waals surface area contributed by atoms with Gasteiger partial charge in [-0.1, -0.05) is 109 Å². The third kappa shape index (κ3) is 4.45. The minimum absolute atomic E-state index is 0.879. The van der Waals surface area contributed by atoms with Crippen molar-refractivity contribution in [2.75, 3.05) is 0 Å². The van der Waals surface area contributed by atoms with Crippen molar-refractivity contribution in [1.82, 2.24) is 9.13 Å². The molecule has 0 saturated heterocycles. The lowest BCUT2D eigenvalue weighted by Gasteiger charge is -2.10. The van der Waals surface area contributed by atoms with E-state index in [0.717, 1.165) is 66.3 Å². The highest BCUT2D eigenvalue weighted by molar-refractivity contribution is 6.15. The van der Waals surface area contributed by atoms with Crippen molar-refractivity contribution in [3.8, 4) is 33.6 Å². The Morgan fingerprint density at radius 3 is 1.55 bits per heavy atom. The Morgan fingerprint density at radius 2 is 0.828 bits per heavy atom. The van der Waals surface area contributed by atoms with Crippen LogP contribution in [-0.2, 0) is 0 Å². The first-order valence-corrected chi connectivity index (χ1v) is 19.7. The molecule has 13 aromatic rings. The number of furan rings is 2. The number of hydrogen-bond donors (Lipinski definition) is 0. The van der Waals surface area contributed by atoms with Crippen LogP contribution in [0.15, 0.2) is 203 Å². The number of para-hydroxylation sites is 3. The molecule has 4 nitrogen and oxygen atoms in total. The topological polar surface area (TPSA) is 36.1 Å². The van der Waals surface area contributed by atoms with E-state index in [4.69, 9.17) is 8.83 Å². The van der Waals surface area contributed by atoms with E-state index in [1.807, 2.05) is 12.1 Å². The van der Waals surface area contributed by atoms with Gasteiger partial charge in [-0.15, -0.1) is 0 Å². The standard InChI is InChI=1S/C54H32N2O2/c1-2-11-33(12-3-1)38-16-10-20-52-54(38)42-25-23-37(32-53(42)58-52)56-47-18-8-5-14-40(47)44-30-35(22-27-49(44)56)34-21-26-48-43(29-34)39-13-4-7-17-46(39)55(48)36-24-28-51-45(31-36)41-15-6-9-19-50(41)57-51/h1-32H. The zero-order valence-corrected chi connectivity index (χ0v) is 31.2. The van der Waals surface area contributed by atoms with Crippen molar-refractivity contribution in [3.63, 3.8) is 0 Å². The van der Waals surface area contributed by atoms with Crippen molar-refractivity contribution < 1.29 is 8.83 Å². The second-order valence-corrected chi connectivity index (χ2v) is 15.3. The third-order valence-electron chi connectivity index (χ3n) is 12.1. The van der Waals surface area contributed by atoms with Crippen LogP contribution in [0.3, 0.4) is 0 Å². The van der Waals surface area contributed by atoms with Gasteiger partial charge in [0.15, 0.2) is 0 Å². The molecule has 0 spiro atoms. The fourth-order valence-corrected chi connectivity index (χ4v) is 9.53. The smallest absolute Gasteiger partial charge is 0.137 e. The molecule has 0 aliphatic heterocycles. The highest BCUT2D eigenvalue weighted by Gasteiger charge is 2.19. The number of benzene rings is 9. The zero-order valence-electron chi connectivity index (χ0n) is 31.2. The second kappa shape index (κ2) is 11.8. The minimum atomic E-state index is 0.879. The van der Waals surface area contributed by atoms with Crippen molar-refractivity contribution in [2.24, 2.45) is 0 Å². The van der Waals surface area contributed by atoms with E-state index in [1.54, 1.807) is 0 Å². The van der Waals surface area contributed by atoms with Crippen molar-refractivity contribution in [2.45, 2.75) is 0 Å². The summed E-state index contributed by atoms with van der Waals surface area (Å²) in [4.78, 5) is 0. The Kier molecular flexibility index (Phi) is 6.41. The van der Waals surface area contributed by atoms with Crippen LogP contribution >= 0.6 is 0 Å². The maximum atomic E-state index is 6.56. The van der Waals surface area contributed by atoms with Crippen LogP contribution in [0.2, 0.25) is 0 Å². The third-order valence-corrected chi connectivity index (χ3v) is 12.1. The van der Waals surface area contributed by atoms with Crippen molar-refractivity contribution in [3.05, 3.63) is 194 Å². The van der Waals surface area contributed by atoms with Crippen LogP contribution in [0.4, 0.5) is 0 Å². The van der Waals surface area contributed by atoms with Crippen molar-refractivity contribution in [1.29, 1.82) is 0 Å². The van der Waals surface area contributed by atoms with Crippen LogP contribution in [-0.4, -0.2) is 9.13 Å². The maximum absolute atomic E-state index is 6.56. The van der Waals surface area contributed by atoms with E-state index in [-0.39, 0.29) is 0 Å². The zero-order chi connectivity index (χ0) is 37.9. The molecule has 0 bridgehead atoms. The Morgan fingerprint density at radius 1 is 0.276 bits per heavy atom. The first kappa shape index (κ1) is 31.4. The summed E-state index contributed by atoms with van der Waals surface area (Å²) in [5.74, 6) is 0. The van der Waals surface area contributed by atoms with E-state index >= 15 is 0 Å². The van der Waals surface area contributed by atoms with Gasteiger partial charge in [0.25, 0.3) is 0 Å². The summed E-state index contributed by atoms with van der Waals surface area (Å²) >= 11 is 0. The molecule has 0 amide bonds. The van der Waals surface area contributed by atoms with Crippen LogP contribution in [0.1, 0.15) is 0 Å². The Labute approximate surface area is 332 Å². The molecule has 0 unspecified atom stereocenters. The molecule has 0 fully saturated rings. The van der Waals surface area contributed by atoms with Crippen LogP contribution in [0, 0.1) is 0 Å². The predicted octanol–water partition coefficient (Wildman–Crippen LogP) is 15.0. The second-order valence-electron chi connectivity index (χ2n) is 15.3. The lowest BCUT2D eigenvalue weighted by atomic mass is 9.99. The number of nitrogens with zero attached hydrogens (tertiary/aromatic N) is 2. The predicted molar refractivity (Wildman–Crippen MR) is 241 cm³/mol. The molecule has 0 N–H and O–H groups in total. The van der Waals surface area contributed by atoms with Gasteiger partial charge in [0.2, 0.25) is 0 Å². The first-order valence-electron chi connectivity index (χ1n) is 19.7. The number of aromatic nitrogens is 2. The van der Waals surface area contributed by atoms with Gasteiger partial charge in [-0.05, 0) is 101 Å². The summed E-state index contributed by atoms with van der Waals surface area (Å²) in [6.45, 7) is 0. The van der Waals surface area contributed by atoms with E-state index in [0.29, 0.717) is 0 Å². The van der Waals surface area contributed by atoms with Gasteiger partial charge in [0.1, 0.15) is 22.3 Å². The highest BCUT2D eigenvalue weighted by atomic mass is 16.3. The maximum Gasteiger partial charge on any atom is 0.137 e. The van der Waals surface area contributed by atoms with Gasteiger partial charge in [0.05, 0.1) is 22.1 Å². The molecule has 9 aromatic carbocycles. The minimum Gasteiger partial charge on any atom is -0.456 e. The number of hydrogen-bond acceptors (Lipinski definition) is 2. The Bertz CT molecular complexity index is 3800. The van der Waals surface area contributed by atoms with E-state index in [1.165, 1.54) is 54.8 Å². The van der Waals surface area contributed by atoms with Crippen LogP contribution in [0.5, 0.6) is 0 Å². The molecular weight excluding hydrogens is 709 g/mol. The lowest BCUT2D eigenvalue weighted by Crippen LogP contribution is -1.93. The summed E-state index contributed by atoms with van der Waals surface area (Å²) in [5.41, 5.74) is 15.2. The molecule has 58 heavy (non-hydrogen) atoms. The average molecular weight is 741 g/mol. The molecule has 0 aliphatic carbocycles. The summed E-state index contributed by atoms with van der Waals surface area (Å²) < 4.78 is 17.5. The van der Waals surface area contributed by atoms with Gasteiger partial charge >= 0.3 is 0 Å². The Balaban J connectivity index is 0.955. The quantitative estimate of drug-likeness (QED) is 0.180. The van der Waals surface area contributed by atoms with Crippen molar-refractivity contribution >= 4 is 87.5 Å². The lowest BCUT2D eigenvalue weighted by molar-refractivity contribution is 0.668. The normalized spacial score (nSPS) is 12.1. The van der Waals surface area contributed by atoms with Gasteiger partial charge in [-0.3, -0.25) is 0 Å². The van der Waals surface area contributed by atoms with Gasteiger partial charge in [0, 0.05) is 60.5 Å². The van der Waals surface area contributed by atoms with Gasteiger partial charge < -0.3 is 18.0 Å². The summed E-state index contributed by atoms with van der Waals surface area (Å²) in [5, 5.41) is 9.41. The fourth-order valence-electron chi connectivity index (χ4n) is 9.53. The molecule has 4 aromatic heterocycles. The number of rotatable bonds is 4.